The molecule has 0 unspecified atom stereocenters. The number of sulfonamides is 1. The number of hydrogen-bond donors (Lipinski definition) is 1. The van der Waals surface area contributed by atoms with Crippen molar-refractivity contribution in [2.24, 2.45) is 0 Å². The van der Waals surface area contributed by atoms with Crippen LogP contribution in [0, 0.1) is 11.8 Å². The van der Waals surface area contributed by atoms with Crippen LogP contribution in [0.2, 0.25) is 0 Å². The summed E-state index contributed by atoms with van der Waals surface area (Å²) in [5.74, 6) is 5.82. The highest BCUT2D eigenvalue weighted by Gasteiger charge is 2.12. The topological polar surface area (TPSA) is 62.3 Å². The number of nitrogens with zero attached hydrogens (tertiary/aromatic N) is 2. The number of hydrogen-bond acceptors (Lipinski definition) is 4. The normalized spacial score (nSPS) is 16.0. The van der Waals surface area contributed by atoms with Crippen molar-refractivity contribution in [3.63, 3.8) is 0 Å². The van der Waals surface area contributed by atoms with Gasteiger partial charge in [0.15, 0.2) is 0 Å². The number of nitrogens with one attached hydrogen (secondary N) is 1. The Morgan fingerprint density at radius 1 is 1.32 bits per heavy atom. The van der Waals surface area contributed by atoms with Gasteiger partial charge in [-0.25, -0.2) is 8.42 Å². The fourth-order valence-corrected chi connectivity index (χ4v) is 2.78. The van der Waals surface area contributed by atoms with Crippen LogP contribution in [0.25, 0.3) is 0 Å². The first-order valence-electron chi connectivity index (χ1n) is 6.26. The minimum Gasteiger partial charge on any atom is -0.292 e. The van der Waals surface area contributed by atoms with Crippen molar-refractivity contribution in [3.05, 3.63) is 24.5 Å². The molecule has 0 amide bonds. The van der Waals surface area contributed by atoms with E-state index in [-0.39, 0.29) is 11.4 Å². The van der Waals surface area contributed by atoms with Crippen molar-refractivity contribution in [1.29, 1.82) is 0 Å². The van der Waals surface area contributed by atoms with Gasteiger partial charge in [0, 0.05) is 12.4 Å². The van der Waals surface area contributed by atoms with Crippen LogP contribution in [0.4, 0.5) is 0 Å². The lowest BCUT2D eigenvalue weighted by molar-refractivity contribution is 0.383. The zero-order valence-electron chi connectivity index (χ0n) is 10.7. The molecule has 6 heteroatoms. The lowest BCUT2D eigenvalue weighted by atomic mass is 10.4. The van der Waals surface area contributed by atoms with Gasteiger partial charge < -0.3 is 0 Å². The number of pyridine rings is 1. The maximum absolute atomic E-state index is 11.8. The van der Waals surface area contributed by atoms with Crippen molar-refractivity contribution in [1.82, 2.24) is 14.6 Å². The summed E-state index contributed by atoms with van der Waals surface area (Å²) in [6, 6.07) is 3.10. The van der Waals surface area contributed by atoms with E-state index in [4.69, 9.17) is 0 Å². The van der Waals surface area contributed by atoms with Crippen molar-refractivity contribution in [2.75, 3.05) is 26.2 Å². The third-order valence-corrected chi connectivity index (χ3v) is 4.31. The molecule has 1 aromatic rings. The zero-order valence-corrected chi connectivity index (χ0v) is 11.5. The Morgan fingerprint density at radius 3 is 2.79 bits per heavy atom. The monoisotopic (exact) mass is 279 g/mol. The molecule has 0 spiro atoms. The molecule has 0 radical (unpaired) electrons. The Kier molecular flexibility index (Phi) is 4.91. The SMILES string of the molecule is O=S(=O)(NCC#CCN1CCCC1)c1cccnc1. The minimum atomic E-state index is -3.49. The Balaban J connectivity index is 1.80. The van der Waals surface area contributed by atoms with E-state index < -0.39 is 10.0 Å². The molecule has 1 aliphatic rings. The van der Waals surface area contributed by atoms with Gasteiger partial charge in [-0.3, -0.25) is 9.88 Å². The van der Waals surface area contributed by atoms with Crippen molar-refractivity contribution >= 4 is 10.0 Å². The third kappa shape index (κ3) is 4.31. The van der Waals surface area contributed by atoms with Crippen LogP contribution in [0.5, 0.6) is 0 Å². The van der Waals surface area contributed by atoms with Crippen LogP contribution in [0.15, 0.2) is 29.4 Å². The van der Waals surface area contributed by atoms with Gasteiger partial charge in [-0.15, -0.1) is 0 Å². The largest absolute Gasteiger partial charge is 0.292 e. The maximum atomic E-state index is 11.8. The van der Waals surface area contributed by atoms with Gasteiger partial charge in [0.1, 0.15) is 4.90 Å². The minimum absolute atomic E-state index is 0.130. The van der Waals surface area contributed by atoms with Crippen molar-refractivity contribution in [3.8, 4) is 11.8 Å². The van der Waals surface area contributed by atoms with Crippen LogP contribution in [-0.2, 0) is 10.0 Å². The number of aromatic nitrogens is 1. The second kappa shape index (κ2) is 6.66. The summed E-state index contributed by atoms with van der Waals surface area (Å²) < 4.78 is 26.1. The summed E-state index contributed by atoms with van der Waals surface area (Å²) in [4.78, 5) is 6.22. The molecule has 0 aromatic carbocycles. The Labute approximate surface area is 114 Å². The summed E-state index contributed by atoms with van der Waals surface area (Å²) in [7, 11) is -3.49. The maximum Gasteiger partial charge on any atom is 0.242 e. The van der Waals surface area contributed by atoms with Gasteiger partial charge in [0.2, 0.25) is 10.0 Å². The molecule has 2 heterocycles. The molecular formula is C13H17N3O2S. The molecule has 19 heavy (non-hydrogen) atoms. The van der Waals surface area contributed by atoms with E-state index in [1.54, 1.807) is 6.07 Å². The highest BCUT2D eigenvalue weighted by Crippen LogP contribution is 2.05. The zero-order chi connectivity index (χ0) is 13.6. The Morgan fingerprint density at radius 2 is 2.11 bits per heavy atom. The molecule has 1 saturated heterocycles. The van der Waals surface area contributed by atoms with E-state index in [0.29, 0.717) is 6.54 Å². The first kappa shape index (κ1) is 14.0. The van der Waals surface area contributed by atoms with Crippen molar-refractivity contribution in [2.45, 2.75) is 17.7 Å². The summed E-state index contributed by atoms with van der Waals surface area (Å²) in [6.45, 7) is 3.03. The van der Waals surface area contributed by atoms with E-state index in [1.165, 1.54) is 31.3 Å². The molecule has 1 aliphatic heterocycles. The van der Waals surface area contributed by atoms with E-state index in [2.05, 4.69) is 26.4 Å². The molecule has 0 saturated carbocycles. The average Bonchev–Trinajstić information content (AvgIpc) is 2.92. The molecule has 0 aliphatic carbocycles. The first-order valence-corrected chi connectivity index (χ1v) is 7.74. The summed E-state index contributed by atoms with van der Waals surface area (Å²) >= 11 is 0. The van der Waals surface area contributed by atoms with E-state index in [0.717, 1.165) is 13.1 Å². The van der Waals surface area contributed by atoms with E-state index in [1.807, 2.05) is 0 Å². The predicted octanol–water partition coefficient (Wildman–Crippen LogP) is 0.459. The number of likely N-dealkylation sites (tertiary alicyclic amines) is 1. The van der Waals surface area contributed by atoms with Crippen LogP contribution >= 0.6 is 0 Å². The molecule has 102 valence electrons. The van der Waals surface area contributed by atoms with Gasteiger partial charge in [-0.1, -0.05) is 11.8 Å². The Bertz CT molecular complexity index is 555. The standard InChI is InChI=1S/C13H17N3O2S/c17-19(18,13-6-5-7-14-12-13)15-8-1-2-9-16-10-3-4-11-16/h5-7,12,15H,3-4,8-11H2. The quantitative estimate of drug-likeness (QED) is 0.813. The molecule has 1 fully saturated rings. The Hall–Kier alpha value is -1.42. The first-order chi connectivity index (χ1) is 9.18. The van der Waals surface area contributed by atoms with Crippen LogP contribution in [0.3, 0.4) is 0 Å². The molecule has 0 atom stereocenters. The summed E-state index contributed by atoms with van der Waals surface area (Å²) in [5, 5.41) is 0. The highest BCUT2D eigenvalue weighted by atomic mass is 32.2. The van der Waals surface area contributed by atoms with Gasteiger partial charge in [0.25, 0.3) is 0 Å². The van der Waals surface area contributed by atoms with Gasteiger partial charge in [-0.2, -0.15) is 4.72 Å². The number of rotatable bonds is 4. The van der Waals surface area contributed by atoms with Gasteiger partial charge in [0.05, 0.1) is 13.1 Å². The smallest absolute Gasteiger partial charge is 0.242 e. The summed E-state index contributed by atoms with van der Waals surface area (Å²) in [5.41, 5.74) is 0. The molecule has 0 bridgehead atoms. The van der Waals surface area contributed by atoms with E-state index in [9.17, 15) is 8.42 Å². The van der Waals surface area contributed by atoms with Gasteiger partial charge in [-0.05, 0) is 38.1 Å². The highest BCUT2D eigenvalue weighted by molar-refractivity contribution is 7.89. The second-order valence-electron chi connectivity index (χ2n) is 4.35. The average molecular weight is 279 g/mol. The predicted molar refractivity (Wildman–Crippen MR) is 72.9 cm³/mol. The molecule has 1 aromatic heterocycles. The van der Waals surface area contributed by atoms with Gasteiger partial charge >= 0.3 is 0 Å². The molecule has 5 nitrogen and oxygen atoms in total. The third-order valence-electron chi connectivity index (χ3n) is 2.92. The van der Waals surface area contributed by atoms with Crippen LogP contribution < -0.4 is 4.72 Å². The van der Waals surface area contributed by atoms with Crippen molar-refractivity contribution < 1.29 is 8.42 Å². The van der Waals surface area contributed by atoms with E-state index >= 15 is 0 Å². The molecule has 1 N–H and O–H groups in total. The lowest BCUT2D eigenvalue weighted by Crippen LogP contribution is -2.24. The van der Waals surface area contributed by atoms with Crippen LogP contribution in [-0.4, -0.2) is 44.5 Å². The second-order valence-corrected chi connectivity index (χ2v) is 6.12. The fourth-order valence-electron chi connectivity index (χ4n) is 1.89. The fraction of sp³-hybridized carbons (Fsp3) is 0.462. The molecular weight excluding hydrogens is 262 g/mol. The molecule has 2 rings (SSSR count). The van der Waals surface area contributed by atoms with Crippen LogP contribution in [0.1, 0.15) is 12.8 Å². The lowest BCUT2D eigenvalue weighted by Gasteiger charge is -2.08. The summed E-state index contributed by atoms with van der Waals surface area (Å²) in [6.07, 6.45) is 5.32.